The van der Waals surface area contributed by atoms with E-state index in [1.165, 1.54) is 6.07 Å². The maximum Gasteiger partial charge on any atom is 0.237 e. The number of hydrogen-bond donors (Lipinski definition) is 1. The lowest BCUT2D eigenvalue weighted by molar-refractivity contribution is -0.127. The van der Waals surface area contributed by atoms with E-state index in [4.69, 9.17) is 0 Å². The standard InChI is InChI=1S/C18H26FN3O3S/c1-14(18(23)20-16-6-11-26(24,25)13-16)22-9-7-21(8-10-22)12-15-4-2-3-5-17(15)19/h2-5,14,16H,6-13H2,1H3,(H,20,23). The molecular weight excluding hydrogens is 357 g/mol. The Balaban J connectivity index is 1.46. The number of carbonyl (C=O) groups excluding carboxylic acids is 1. The summed E-state index contributed by atoms with van der Waals surface area (Å²) in [6, 6.07) is 6.23. The Labute approximate surface area is 154 Å². The van der Waals surface area contributed by atoms with Gasteiger partial charge in [0.15, 0.2) is 9.84 Å². The number of rotatable bonds is 5. The van der Waals surface area contributed by atoms with E-state index in [1.54, 1.807) is 12.1 Å². The van der Waals surface area contributed by atoms with E-state index in [1.807, 2.05) is 13.0 Å². The normalized spacial score (nSPS) is 25.1. The van der Waals surface area contributed by atoms with Crippen molar-refractivity contribution in [2.45, 2.75) is 32.0 Å². The molecule has 2 fully saturated rings. The highest BCUT2D eigenvalue weighted by molar-refractivity contribution is 7.91. The summed E-state index contributed by atoms with van der Waals surface area (Å²) in [5, 5.41) is 2.87. The number of benzene rings is 1. The zero-order chi connectivity index (χ0) is 18.7. The highest BCUT2D eigenvalue weighted by Crippen LogP contribution is 2.15. The summed E-state index contributed by atoms with van der Waals surface area (Å²) < 4.78 is 36.8. The van der Waals surface area contributed by atoms with Crippen molar-refractivity contribution in [3.63, 3.8) is 0 Å². The van der Waals surface area contributed by atoms with E-state index < -0.39 is 9.84 Å². The van der Waals surface area contributed by atoms with Crippen LogP contribution in [0, 0.1) is 5.82 Å². The smallest absolute Gasteiger partial charge is 0.237 e. The SMILES string of the molecule is CC(C(=O)NC1CCS(=O)(=O)C1)N1CCN(Cc2ccccc2F)CC1. The molecule has 0 aromatic heterocycles. The maximum absolute atomic E-state index is 13.8. The minimum absolute atomic E-state index is 0.0435. The first-order valence-corrected chi connectivity index (χ1v) is 10.9. The zero-order valence-corrected chi connectivity index (χ0v) is 15.8. The third-order valence-electron chi connectivity index (χ3n) is 5.26. The third-order valence-corrected chi connectivity index (χ3v) is 7.03. The lowest BCUT2D eigenvalue weighted by Crippen LogP contribution is -2.54. The van der Waals surface area contributed by atoms with Gasteiger partial charge in [-0.25, -0.2) is 12.8 Å². The van der Waals surface area contributed by atoms with Crippen LogP contribution in [0.5, 0.6) is 0 Å². The average Bonchev–Trinajstić information content (AvgIpc) is 2.95. The largest absolute Gasteiger partial charge is 0.351 e. The van der Waals surface area contributed by atoms with Crippen LogP contribution in [0.2, 0.25) is 0 Å². The summed E-state index contributed by atoms with van der Waals surface area (Å²) in [5.41, 5.74) is 0.689. The molecule has 2 aliphatic rings. The van der Waals surface area contributed by atoms with E-state index >= 15 is 0 Å². The van der Waals surface area contributed by atoms with E-state index in [-0.39, 0.29) is 35.3 Å². The van der Waals surface area contributed by atoms with Gasteiger partial charge in [0.25, 0.3) is 0 Å². The molecule has 0 aliphatic carbocycles. The van der Waals surface area contributed by atoms with Crippen molar-refractivity contribution in [2.75, 3.05) is 37.7 Å². The second-order valence-electron chi connectivity index (χ2n) is 7.19. The van der Waals surface area contributed by atoms with E-state index in [9.17, 15) is 17.6 Å². The predicted octanol–water partition coefficient (Wildman–Crippen LogP) is 0.635. The van der Waals surface area contributed by atoms with Gasteiger partial charge in [-0.2, -0.15) is 0 Å². The van der Waals surface area contributed by atoms with Crippen LogP contribution in [0.1, 0.15) is 18.9 Å². The van der Waals surface area contributed by atoms with Crippen molar-refractivity contribution < 1.29 is 17.6 Å². The fraction of sp³-hybridized carbons (Fsp3) is 0.611. The first kappa shape index (κ1) is 19.3. The van der Waals surface area contributed by atoms with Crippen LogP contribution in [-0.2, 0) is 21.2 Å². The van der Waals surface area contributed by atoms with Crippen molar-refractivity contribution in [3.8, 4) is 0 Å². The number of carbonyl (C=O) groups is 1. The van der Waals surface area contributed by atoms with Crippen LogP contribution in [0.15, 0.2) is 24.3 Å². The highest BCUT2D eigenvalue weighted by atomic mass is 32.2. The van der Waals surface area contributed by atoms with Gasteiger partial charge in [0.05, 0.1) is 17.5 Å². The van der Waals surface area contributed by atoms with Gasteiger partial charge in [0, 0.05) is 44.3 Å². The summed E-state index contributed by atoms with van der Waals surface area (Å²) in [5.74, 6) is -0.105. The Morgan fingerprint density at radius 2 is 1.96 bits per heavy atom. The fourth-order valence-corrected chi connectivity index (χ4v) is 5.25. The monoisotopic (exact) mass is 383 g/mol. The molecule has 1 aromatic carbocycles. The number of nitrogens with one attached hydrogen (secondary N) is 1. The molecule has 2 saturated heterocycles. The van der Waals surface area contributed by atoms with Gasteiger partial charge in [0.2, 0.25) is 5.91 Å². The van der Waals surface area contributed by atoms with E-state index in [0.717, 1.165) is 26.2 Å². The van der Waals surface area contributed by atoms with Crippen LogP contribution in [0.3, 0.4) is 0 Å². The summed E-state index contributed by atoms with van der Waals surface area (Å²) in [4.78, 5) is 16.7. The molecule has 2 heterocycles. The average molecular weight is 383 g/mol. The molecule has 1 N–H and O–H groups in total. The Morgan fingerprint density at radius 3 is 2.58 bits per heavy atom. The van der Waals surface area contributed by atoms with Crippen molar-refractivity contribution >= 4 is 15.7 Å². The van der Waals surface area contributed by atoms with Crippen molar-refractivity contribution in [1.82, 2.24) is 15.1 Å². The summed E-state index contributed by atoms with van der Waals surface area (Å²) >= 11 is 0. The Morgan fingerprint density at radius 1 is 1.27 bits per heavy atom. The summed E-state index contributed by atoms with van der Waals surface area (Å²) in [6.45, 7) is 5.41. The molecule has 0 spiro atoms. The van der Waals surface area contributed by atoms with Crippen LogP contribution in [0.4, 0.5) is 4.39 Å². The molecule has 2 atom stereocenters. The molecule has 8 heteroatoms. The summed E-state index contributed by atoms with van der Waals surface area (Å²) in [7, 11) is -3.00. The van der Waals surface area contributed by atoms with Gasteiger partial charge >= 0.3 is 0 Å². The van der Waals surface area contributed by atoms with Crippen molar-refractivity contribution in [1.29, 1.82) is 0 Å². The minimum Gasteiger partial charge on any atom is -0.351 e. The van der Waals surface area contributed by atoms with Crippen LogP contribution >= 0.6 is 0 Å². The van der Waals surface area contributed by atoms with E-state index in [2.05, 4.69) is 15.1 Å². The molecule has 6 nitrogen and oxygen atoms in total. The Bertz CT molecular complexity index is 748. The van der Waals surface area contributed by atoms with Crippen LogP contribution < -0.4 is 5.32 Å². The number of sulfone groups is 1. The molecule has 2 aliphatic heterocycles. The molecule has 0 radical (unpaired) electrons. The number of piperazine rings is 1. The van der Waals surface area contributed by atoms with Crippen LogP contribution in [0.25, 0.3) is 0 Å². The molecule has 26 heavy (non-hydrogen) atoms. The number of halogens is 1. The number of nitrogens with zero attached hydrogens (tertiary/aromatic N) is 2. The number of hydrogen-bond acceptors (Lipinski definition) is 5. The highest BCUT2D eigenvalue weighted by Gasteiger charge is 2.32. The van der Waals surface area contributed by atoms with Gasteiger partial charge in [-0.3, -0.25) is 14.6 Å². The summed E-state index contributed by atoms with van der Waals surface area (Å²) in [6.07, 6.45) is 0.497. The van der Waals surface area contributed by atoms with Gasteiger partial charge in [-0.1, -0.05) is 18.2 Å². The number of amides is 1. The van der Waals surface area contributed by atoms with Gasteiger partial charge in [-0.15, -0.1) is 0 Å². The molecule has 0 saturated carbocycles. The molecule has 2 unspecified atom stereocenters. The molecule has 0 bridgehead atoms. The minimum atomic E-state index is -3.00. The maximum atomic E-state index is 13.8. The van der Waals surface area contributed by atoms with Crippen molar-refractivity contribution in [3.05, 3.63) is 35.6 Å². The van der Waals surface area contributed by atoms with Crippen LogP contribution in [-0.4, -0.2) is 73.9 Å². The molecule has 144 valence electrons. The van der Waals surface area contributed by atoms with Gasteiger partial charge in [-0.05, 0) is 19.4 Å². The topological polar surface area (TPSA) is 69.7 Å². The Hall–Kier alpha value is -1.51. The molecule has 1 amide bonds. The Kier molecular flexibility index (Phi) is 5.94. The fourth-order valence-electron chi connectivity index (χ4n) is 3.57. The van der Waals surface area contributed by atoms with Crippen molar-refractivity contribution in [2.24, 2.45) is 0 Å². The first-order valence-electron chi connectivity index (χ1n) is 9.05. The lowest BCUT2D eigenvalue weighted by Gasteiger charge is -2.37. The lowest BCUT2D eigenvalue weighted by atomic mass is 10.1. The third kappa shape index (κ3) is 4.81. The quantitative estimate of drug-likeness (QED) is 0.808. The second kappa shape index (κ2) is 8.02. The molecule has 1 aromatic rings. The molecule has 3 rings (SSSR count). The van der Waals surface area contributed by atoms with Gasteiger partial charge < -0.3 is 5.32 Å². The van der Waals surface area contributed by atoms with Gasteiger partial charge in [0.1, 0.15) is 5.82 Å². The first-order chi connectivity index (χ1) is 12.3. The molecular formula is C18H26FN3O3S. The van der Waals surface area contributed by atoms with E-state index in [0.29, 0.717) is 18.5 Å². The predicted molar refractivity (Wildman–Crippen MR) is 97.9 cm³/mol. The second-order valence-corrected chi connectivity index (χ2v) is 9.42. The zero-order valence-electron chi connectivity index (χ0n) is 15.0.